The second kappa shape index (κ2) is 41.5. The highest BCUT2D eigenvalue weighted by molar-refractivity contribution is 5.71. The van der Waals surface area contributed by atoms with E-state index in [1.165, 1.54) is 288 Å². The Hall–Kier alpha value is -1.56. The molecule has 346 valence electrons. The zero-order chi connectivity index (χ0) is 42.8. The van der Waals surface area contributed by atoms with Crippen LogP contribution < -0.4 is 0 Å². The summed E-state index contributed by atoms with van der Waals surface area (Å²) in [7, 11) is 0. The Labute approximate surface area is 378 Å². The molecule has 2 aromatic rings. The largest absolute Gasteiger partial charge is 0.0654 e. The first kappa shape index (κ1) is 54.6. The first-order valence-corrected chi connectivity index (χ1v) is 28.0. The first-order chi connectivity index (χ1) is 29.8. The minimum atomic E-state index is 1.28. The minimum absolute atomic E-state index is 1.28. The van der Waals surface area contributed by atoms with Gasteiger partial charge in [-0.1, -0.05) is 295 Å². The standard InChI is InChI=1S/C60H106/c1-5-9-13-17-21-25-29-33-37-42-50-56-54-60(55-48-43-41-44-49-55)59(53-47-40-36-32-28-24-20-16-12-8-4)58(52-46-39-35-31-27-23-19-15-11-7-3)57(56)51-45-38-34-30-26-22-18-14-10-6-2/h41,43-44,48-49,54H,5-40,42,45-47,50-53H2,1-4H3. The maximum atomic E-state index is 2.75. The monoisotopic (exact) mass is 827 g/mol. The van der Waals surface area contributed by atoms with Gasteiger partial charge < -0.3 is 0 Å². The molecule has 0 amide bonds. The van der Waals surface area contributed by atoms with Gasteiger partial charge >= 0.3 is 0 Å². The first-order valence-electron chi connectivity index (χ1n) is 28.0. The van der Waals surface area contributed by atoms with Gasteiger partial charge in [-0.25, -0.2) is 0 Å². The third-order valence-corrected chi connectivity index (χ3v) is 14.0. The fraction of sp³-hybridized carbons (Fsp3) is 0.800. The van der Waals surface area contributed by atoms with Crippen LogP contribution in [0.25, 0.3) is 11.1 Å². The summed E-state index contributed by atoms with van der Waals surface area (Å²) >= 11 is 0. The highest BCUT2D eigenvalue weighted by atomic mass is 14.2. The van der Waals surface area contributed by atoms with Crippen molar-refractivity contribution in [2.24, 2.45) is 0 Å². The molecule has 0 spiro atoms. The fourth-order valence-corrected chi connectivity index (χ4v) is 10.1. The van der Waals surface area contributed by atoms with E-state index in [1.807, 2.05) is 11.1 Å². The van der Waals surface area contributed by atoms with Crippen LogP contribution in [0.3, 0.4) is 0 Å². The molecule has 0 atom stereocenters. The van der Waals surface area contributed by atoms with Crippen molar-refractivity contribution in [1.29, 1.82) is 0 Å². The summed E-state index contributed by atoms with van der Waals surface area (Å²) in [6.45, 7) is 9.33. The highest BCUT2D eigenvalue weighted by Gasteiger charge is 2.19. The average molecular weight is 828 g/mol. The third kappa shape index (κ3) is 28.2. The molecule has 0 aliphatic heterocycles. The molecule has 0 saturated carbocycles. The molecule has 2 aromatic carbocycles. The van der Waals surface area contributed by atoms with Crippen molar-refractivity contribution in [3.8, 4) is 11.1 Å². The molecular formula is C60H106. The topological polar surface area (TPSA) is 0 Å². The predicted molar refractivity (Wildman–Crippen MR) is 274 cm³/mol. The average Bonchev–Trinajstić information content (AvgIpc) is 3.27. The lowest BCUT2D eigenvalue weighted by atomic mass is 9.81. The lowest BCUT2D eigenvalue weighted by molar-refractivity contribution is 0.549. The molecule has 0 bridgehead atoms. The van der Waals surface area contributed by atoms with E-state index in [0.29, 0.717) is 0 Å². The van der Waals surface area contributed by atoms with Crippen molar-refractivity contribution in [3.05, 3.63) is 58.7 Å². The predicted octanol–water partition coefficient (Wildman–Crippen LogP) is 21.2. The van der Waals surface area contributed by atoms with E-state index < -0.39 is 0 Å². The summed E-state index contributed by atoms with van der Waals surface area (Å²) < 4.78 is 0. The van der Waals surface area contributed by atoms with E-state index in [-0.39, 0.29) is 0 Å². The molecule has 0 nitrogen and oxygen atoms in total. The maximum absolute atomic E-state index is 2.75. The second-order valence-corrected chi connectivity index (χ2v) is 19.6. The molecule has 0 saturated heterocycles. The van der Waals surface area contributed by atoms with E-state index in [4.69, 9.17) is 0 Å². The summed E-state index contributed by atoms with van der Waals surface area (Å²) in [6.07, 6.45) is 62.0. The molecule has 0 aromatic heterocycles. The molecule has 60 heavy (non-hydrogen) atoms. The summed E-state index contributed by atoms with van der Waals surface area (Å²) in [4.78, 5) is 0. The van der Waals surface area contributed by atoms with E-state index >= 15 is 0 Å². The summed E-state index contributed by atoms with van der Waals surface area (Å²) in [5.41, 5.74) is 10.2. The van der Waals surface area contributed by atoms with Crippen LogP contribution in [0.5, 0.6) is 0 Å². The number of aryl methyl sites for hydroxylation is 1. The third-order valence-electron chi connectivity index (χ3n) is 14.0. The molecular weight excluding hydrogens is 721 g/mol. The molecule has 0 aliphatic carbocycles. The summed E-state index contributed by atoms with van der Waals surface area (Å²) in [5, 5.41) is 0. The molecule has 0 unspecified atom stereocenters. The smallest absolute Gasteiger partial charge is 0.0146 e. The van der Waals surface area contributed by atoms with Crippen molar-refractivity contribution >= 4 is 0 Å². The van der Waals surface area contributed by atoms with Crippen molar-refractivity contribution in [2.75, 3.05) is 0 Å². The van der Waals surface area contributed by atoms with Crippen LogP contribution in [-0.4, -0.2) is 0 Å². The number of hydrogen-bond donors (Lipinski definition) is 0. The summed E-state index contributed by atoms with van der Waals surface area (Å²) in [5.74, 6) is 0. The van der Waals surface area contributed by atoms with Gasteiger partial charge in [-0.15, -0.1) is 0 Å². The van der Waals surface area contributed by atoms with Gasteiger partial charge in [0.2, 0.25) is 0 Å². The maximum Gasteiger partial charge on any atom is -0.0146 e. The van der Waals surface area contributed by atoms with Crippen LogP contribution in [0.2, 0.25) is 0 Å². The van der Waals surface area contributed by atoms with Crippen molar-refractivity contribution in [1.82, 2.24) is 0 Å². The zero-order valence-corrected chi connectivity index (χ0v) is 41.6. The van der Waals surface area contributed by atoms with Gasteiger partial charge in [0.15, 0.2) is 0 Å². The van der Waals surface area contributed by atoms with Gasteiger partial charge in [-0.3, -0.25) is 0 Å². The van der Waals surface area contributed by atoms with Crippen LogP contribution in [0.4, 0.5) is 0 Å². The van der Waals surface area contributed by atoms with E-state index in [2.05, 4.69) is 64.1 Å². The van der Waals surface area contributed by atoms with Gasteiger partial charge in [0, 0.05) is 0 Å². The van der Waals surface area contributed by atoms with Crippen molar-refractivity contribution in [3.63, 3.8) is 0 Å². The van der Waals surface area contributed by atoms with Gasteiger partial charge in [0.05, 0.1) is 0 Å². The van der Waals surface area contributed by atoms with Crippen LogP contribution >= 0.6 is 0 Å². The molecule has 0 N–H and O–H groups in total. The number of rotatable bonds is 45. The normalized spacial score (nSPS) is 11.6. The fourth-order valence-electron chi connectivity index (χ4n) is 10.1. The zero-order valence-electron chi connectivity index (χ0n) is 41.6. The Kier molecular flexibility index (Phi) is 37.7. The Bertz CT molecular complexity index is 1170. The molecule has 0 fully saturated rings. The lowest BCUT2D eigenvalue weighted by Crippen LogP contribution is -2.09. The molecule has 0 aliphatic rings. The molecule has 0 heteroatoms. The molecule has 0 heterocycles. The van der Waals surface area contributed by atoms with E-state index in [9.17, 15) is 0 Å². The minimum Gasteiger partial charge on any atom is -0.0654 e. The number of benzene rings is 2. The lowest BCUT2D eigenvalue weighted by Gasteiger charge is -2.24. The van der Waals surface area contributed by atoms with Crippen molar-refractivity contribution < 1.29 is 0 Å². The second-order valence-electron chi connectivity index (χ2n) is 19.6. The van der Waals surface area contributed by atoms with E-state index in [0.717, 1.165) is 0 Å². The number of unbranched alkanes of at least 4 members (excludes halogenated alkanes) is 36. The van der Waals surface area contributed by atoms with Gasteiger partial charge in [0.25, 0.3) is 0 Å². The van der Waals surface area contributed by atoms with Crippen molar-refractivity contribution in [2.45, 2.75) is 310 Å². The Morgan fingerprint density at radius 1 is 0.250 bits per heavy atom. The van der Waals surface area contributed by atoms with E-state index in [1.54, 1.807) is 16.7 Å². The number of hydrogen-bond acceptors (Lipinski definition) is 0. The van der Waals surface area contributed by atoms with Crippen LogP contribution in [0, 0.1) is 0 Å². The van der Waals surface area contributed by atoms with Crippen LogP contribution in [0.1, 0.15) is 307 Å². The Morgan fingerprint density at radius 3 is 0.850 bits per heavy atom. The molecule has 0 radical (unpaired) electrons. The van der Waals surface area contributed by atoms with Gasteiger partial charge in [0.1, 0.15) is 0 Å². The van der Waals surface area contributed by atoms with Crippen LogP contribution in [0.15, 0.2) is 36.4 Å². The molecule has 2 rings (SSSR count). The van der Waals surface area contributed by atoms with Gasteiger partial charge in [-0.05, 0) is 84.7 Å². The Balaban J connectivity index is 2.26. The SMILES string of the molecule is CCCCCCCCCCCCc1cc(-c2ccccc2)c(CCCCCCCCCCCC)c(CCCCCCCCCCCC)c1CCCCCCCCCCCC. The quantitative estimate of drug-likeness (QED) is 0.0584. The Morgan fingerprint density at radius 2 is 0.517 bits per heavy atom. The summed E-state index contributed by atoms with van der Waals surface area (Å²) in [6, 6.07) is 14.4. The van der Waals surface area contributed by atoms with Crippen LogP contribution in [-0.2, 0) is 25.7 Å². The van der Waals surface area contributed by atoms with Gasteiger partial charge in [-0.2, -0.15) is 0 Å². The highest BCUT2D eigenvalue weighted by Crippen LogP contribution is 2.36.